The third-order valence-corrected chi connectivity index (χ3v) is 3.55. The molecule has 0 bridgehead atoms. The molecule has 5 nitrogen and oxygen atoms in total. The summed E-state index contributed by atoms with van der Waals surface area (Å²) in [5, 5.41) is 19.5. The van der Waals surface area contributed by atoms with E-state index >= 15 is 0 Å². The first-order valence-electron chi connectivity index (χ1n) is 6.65. The zero-order valence-electron chi connectivity index (χ0n) is 12.1. The normalized spacial score (nSPS) is 10.8. The molecule has 0 saturated carbocycles. The zero-order valence-corrected chi connectivity index (χ0v) is 12.1. The molecule has 5 heteroatoms. The molecule has 1 heterocycles. The van der Waals surface area contributed by atoms with Gasteiger partial charge in [-0.3, -0.25) is 4.79 Å². The van der Waals surface area contributed by atoms with Gasteiger partial charge in [0, 0.05) is 23.3 Å². The molecule has 112 valence electrons. The molecule has 22 heavy (non-hydrogen) atoms. The molecule has 0 aliphatic rings. The van der Waals surface area contributed by atoms with Gasteiger partial charge in [0.05, 0.1) is 7.11 Å². The monoisotopic (exact) mass is 298 g/mol. The highest BCUT2D eigenvalue weighted by Crippen LogP contribution is 2.35. The quantitative estimate of drug-likeness (QED) is 0.759. The summed E-state index contributed by atoms with van der Waals surface area (Å²) in [6.45, 7) is 1.75. The predicted octanol–water partition coefficient (Wildman–Crippen LogP) is 3.19. The van der Waals surface area contributed by atoms with Gasteiger partial charge in [0.2, 0.25) is 0 Å². The molecule has 0 atom stereocenters. The number of hydrogen-bond acceptors (Lipinski definition) is 5. The van der Waals surface area contributed by atoms with Crippen molar-refractivity contribution in [3.63, 3.8) is 0 Å². The lowest BCUT2D eigenvalue weighted by atomic mass is 10.1. The van der Waals surface area contributed by atoms with Crippen molar-refractivity contribution in [3.05, 3.63) is 52.2 Å². The van der Waals surface area contributed by atoms with E-state index in [1.807, 2.05) is 0 Å². The van der Waals surface area contributed by atoms with Gasteiger partial charge in [-0.15, -0.1) is 0 Å². The Morgan fingerprint density at radius 3 is 2.41 bits per heavy atom. The van der Waals surface area contributed by atoms with Gasteiger partial charge in [-0.1, -0.05) is 0 Å². The van der Waals surface area contributed by atoms with E-state index in [1.54, 1.807) is 19.1 Å². The van der Waals surface area contributed by atoms with Crippen LogP contribution in [0.1, 0.15) is 5.56 Å². The molecule has 0 aliphatic heterocycles. The van der Waals surface area contributed by atoms with Crippen LogP contribution in [0.4, 0.5) is 0 Å². The fourth-order valence-electron chi connectivity index (χ4n) is 2.40. The molecule has 0 unspecified atom stereocenters. The van der Waals surface area contributed by atoms with Gasteiger partial charge < -0.3 is 19.4 Å². The molecule has 2 aromatic carbocycles. The minimum Gasteiger partial charge on any atom is -0.508 e. The highest BCUT2D eigenvalue weighted by molar-refractivity contribution is 5.89. The fraction of sp³-hybridized carbons (Fsp3) is 0.118. The van der Waals surface area contributed by atoms with E-state index in [1.165, 1.54) is 31.4 Å². The first-order chi connectivity index (χ1) is 10.5. The van der Waals surface area contributed by atoms with E-state index in [4.69, 9.17) is 9.15 Å². The highest BCUT2D eigenvalue weighted by atomic mass is 16.5. The number of methoxy groups -OCH3 is 1. The van der Waals surface area contributed by atoms with Gasteiger partial charge in [-0.2, -0.15) is 0 Å². The maximum atomic E-state index is 12.3. The maximum Gasteiger partial charge on any atom is 0.197 e. The summed E-state index contributed by atoms with van der Waals surface area (Å²) >= 11 is 0. The number of benzene rings is 2. The molecule has 0 amide bonds. The number of aromatic hydroxyl groups is 2. The highest BCUT2D eigenvalue weighted by Gasteiger charge is 2.16. The molecular formula is C17H14O5. The second kappa shape index (κ2) is 5.11. The van der Waals surface area contributed by atoms with Crippen molar-refractivity contribution < 1.29 is 19.4 Å². The average Bonchev–Trinajstić information content (AvgIpc) is 2.50. The smallest absolute Gasteiger partial charge is 0.197 e. The first kappa shape index (κ1) is 14.0. The molecule has 0 aliphatic carbocycles. The fourth-order valence-corrected chi connectivity index (χ4v) is 2.40. The van der Waals surface area contributed by atoms with E-state index in [0.29, 0.717) is 22.6 Å². The van der Waals surface area contributed by atoms with Crippen LogP contribution >= 0.6 is 0 Å². The van der Waals surface area contributed by atoms with Crippen LogP contribution < -0.4 is 10.2 Å². The molecule has 1 aromatic heterocycles. The molecular weight excluding hydrogens is 284 g/mol. The maximum absolute atomic E-state index is 12.3. The lowest BCUT2D eigenvalue weighted by molar-refractivity contribution is 0.405. The van der Waals surface area contributed by atoms with Crippen molar-refractivity contribution in [2.24, 2.45) is 0 Å². The molecule has 2 N–H and O–H groups in total. The number of rotatable bonds is 2. The summed E-state index contributed by atoms with van der Waals surface area (Å²) in [7, 11) is 1.48. The minimum absolute atomic E-state index is 0.126. The summed E-state index contributed by atoms with van der Waals surface area (Å²) in [4.78, 5) is 12.3. The van der Waals surface area contributed by atoms with Crippen LogP contribution in [0.25, 0.3) is 22.3 Å². The molecule has 0 radical (unpaired) electrons. The average molecular weight is 298 g/mol. The van der Waals surface area contributed by atoms with E-state index in [9.17, 15) is 15.0 Å². The number of hydrogen-bond donors (Lipinski definition) is 2. The van der Waals surface area contributed by atoms with Gasteiger partial charge in [0.25, 0.3) is 0 Å². The summed E-state index contributed by atoms with van der Waals surface area (Å²) in [6, 6.07) is 9.03. The van der Waals surface area contributed by atoms with Crippen molar-refractivity contribution in [2.75, 3.05) is 7.11 Å². The summed E-state index contributed by atoms with van der Waals surface area (Å²) in [6.07, 6.45) is 0. The Bertz CT molecular complexity index is 907. The van der Waals surface area contributed by atoms with Crippen molar-refractivity contribution >= 4 is 11.0 Å². The van der Waals surface area contributed by atoms with Crippen LogP contribution in [0.15, 0.2) is 45.6 Å². The molecule has 3 rings (SSSR count). The third-order valence-electron chi connectivity index (χ3n) is 3.55. The number of fused-ring (bicyclic) bond motifs is 1. The molecule has 0 saturated heterocycles. The SMILES string of the molecule is COc1cc(O)c2c(=O)cc(-c3ccc(O)cc3)oc2c1C. The summed E-state index contributed by atoms with van der Waals surface area (Å²) in [5.74, 6) is 0.745. The molecule has 0 spiro atoms. The lowest BCUT2D eigenvalue weighted by Crippen LogP contribution is -2.02. The Labute approximate surface area is 126 Å². The first-order valence-corrected chi connectivity index (χ1v) is 6.65. The minimum atomic E-state index is -0.340. The standard InChI is InChI=1S/C17H14O5/c1-9-14(21-2)7-12(19)16-13(20)8-15(22-17(9)16)10-3-5-11(18)6-4-10/h3-8,18-19H,1-2H3. The van der Waals surface area contributed by atoms with Crippen LogP contribution in [-0.2, 0) is 0 Å². The summed E-state index contributed by atoms with van der Waals surface area (Å²) < 4.78 is 11.0. The second-order valence-electron chi connectivity index (χ2n) is 4.95. The van der Waals surface area contributed by atoms with E-state index in [2.05, 4.69) is 0 Å². The van der Waals surface area contributed by atoms with Gasteiger partial charge in [0.1, 0.15) is 34.0 Å². The topological polar surface area (TPSA) is 79.9 Å². The Hall–Kier alpha value is -2.95. The van der Waals surface area contributed by atoms with Crippen LogP contribution in [0.5, 0.6) is 17.2 Å². The zero-order chi connectivity index (χ0) is 15.9. The number of phenolic OH excluding ortho intramolecular Hbond substituents is 2. The van der Waals surface area contributed by atoms with Crippen molar-refractivity contribution in [3.8, 4) is 28.6 Å². The number of phenols is 2. The van der Waals surface area contributed by atoms with E-state index in [-0.39, 0.29) is 27.9 Å². The Balaban J connectivity index is 2.34. The largest absolute Gasteiger partial charge is 0.508 e. The van der Waals surface area contributed by atoms with Gasteiger partial charge in [-0.05, 0) is 31.2 Å². The van der Waals surface area contributed by atoms with Crippen LogP contribution in [0, 0.1) is 6.92 Å². The molecule has 0 fully saturated rings. The van der Waals surface area contributed by atoms with Gasteiger partial charge in [0.15, 0.2) is 5.43 Å². The lowest BCUT2D eigenvalue weighted by Gasteiger charge is -2.10. The van der Waals surface area contributed by atoms with Crippen molar-refractivity contribution in [2.45, 2.75) is 6.92 Å². The summed E-state index contributed by atoms with van der Waals surface area (Å²) in [5.41, 5.74) is 1.23. The Kier molecular flexibility index (Phi) is 3.25. The predicted molar refractivity (Wildman–Crippen MR) is 82.5 cm³/mol. The van der Waals surface area contributed by atoms with Crippen LogP contribution in [0.2, 0.25) is 0 Å². The number of ether oxygens (including phenoxy) is 1. The van der Waals surface area contributed by atoms with Gasteiger partial charge >= 0.3 is 0 Å². The van der Waals surface area contributed by atoms with Crippen molar-refractivity contribution in [1.82, 2.24) is 0 Å². The van der Waals surface area contributed by atoms with Crippen LogP contribution in [0.3, 0.4) is 0 Å². The second-order valence-corrected chi connectivity index (χ2v) is 4.95. The third kappa shape index (κ3) is 2.16. The van der Waals surface area contributed by atoms with E-state index in [0.717, 1.165) is 0 Å². The number of aryl methyl sites for hydroxylation is 1. The molecule has 3 aromatic rings. The van der Waals surface area contributed by atoms with Crippen molar-refractivity contribution in [1.29, 1.82) is 0 Å². The Morgan fingerprint density at radius 2 is 1.77 bits per heavy atom. The van der Waals surface area contributed by atoms with Crippen LogP contribution in [-0.4, -0.2) is 17.3 Å². The van der Waals surface area contributed by atoms with Gasteiger partial charge in [-0.25, -0.2) is 0 Å². The Morgan fingerprint density at radius 1 is 1.09 bits per heavy atom. The van der Waals surface area contributed by atoms with E-state index < -0.39 is 0 Å².